The molecule has 0 radical (unpaired) electrons. The number of rotatable bonds is 5. The third kappa shape index (κ3) is 4.37. The predicted octanol–water partition coefficient (Wildman–Crippen LogP) is 5.70. The topological polar surface area (TPSA) is 91.9 Å². The van der Waals surface area contributed by atoms with E-state index in [2.05, 4.69) is 9.72 Å². The highest BCUT2D eigenvalue weighted by molar-refractivity contribution is 6.51. The van der Waals surface area contributed by atoms with Gasteiger partial charge in [0.1, 0.15) is 17.3 Å². The maximum atomic E-state index is 13.4. The number of halogens is 3. The molecule has 1 unspecified atom stereocenters. The average Bonchev–Trinajstić information content (AvgIpc) is 3.42. The van der Waals surface area contributed by atoms with Crippen LogP contribution in [0.25, 0.3) is 16.7 Å². The number of Topliss-reactive ketones (excluding diaryl/α,β-unsaturated/α-hetero) is 1. The third-order valence-electron chi connectivity index (χ3n) is 6.03. The van der Waals surface area contributed by atoms with Gasteiger partial charge in [-0.15, -0.1) is 13.2 Å². The van der Waals surface area contributed by atoms with Crippen molar-refractivity contribution >= 4 is 34.0 Å². The van der Waals surface area contributed by atoms with Crippen LogP contribution < -0.4 is 14.4 Å². The Balaban J connectivity index is 1.72. The SMILES string of the molecule is COc1cccc(C2/C(=C(/O)c3c[nH]c4ccccc34)C(=O)C(=O)N2c2cccc(OC(F)(F)F)c2)c1. The van der Waals surface area contributed by atoms with E-state index in [0.29, 0.717) is 27.8 Å². The maximum Gasteiger partial charge on any atom is 0.573 e. The molecule has 3 aromatic carbocycles. The highest BCUT2D eigenvalue weighted by atomic mass is 19.4. The Hall–Kier alpha value is -4.73. The minimum Gasteiger partial charge on any atom is -0.507 e. The van der Waals surface area contributed by atoms with E-state index in [1.54, 1.807) is 48.5 Å². The lowest BCUT2D eigenvalue weighted by atomic mass is 9.95. The number of benzene rings is 3. The highest BCUT2D eigenvalue weighted by Gasteiger charge is 2.47. The summed E-state index contributed by atoms with van der Waals surface area (Å²) in [6.07, 6.45) is -3.43. The summed E-state index contributed by atoms with van der Waals surface area (Å²) in [4.78, 5) is 30.7. The van der Waals surface area contributed by atoms with Crippen molar-refractivity contribution in [1.82, 2.24) is 4.98 Å². The Bertz CT molecular complexity index is 1560. The van der Waals surface area contributed by atoms with Gasteiger partial charge >= 0.3 is 6.36 Å². The first-order valence-electron chi connectivity index (χ1n) is 11.0. The summed E-state index contributed by atoms with van der Waals surface area (Å²) in [5.74, 6) is -2.57. The van der Waals surface area contributed by atoms with Crippen LogP contribution in [0.5, 0.6) is 11.5 Å². The first-order chi connectivity index (χ1) is 17.7. The van der Waals surface area contributed by atoms with Gasteiger partial charge in [0.05, 0.1) is 18.7 Å². The number of alkyl halides is 3. The van der Waals surface area contributed by atoms with Crippen LogP contribution in [0.3, 0.4) is 0 Å². The summed E-state index contributed by atoms with van der Waals surface area (Å²) in [6.45, 7) is 0. The molecule has 1 aromatic heterocycles. The van der Waals surface area contributed by atoms with Crippen LogP contribution in [-0.2, 0) is 9.59 Å². The van der Waals surface area contributed by atoms with Gasteiger partial charge in [0.2, 0.25) is 0 Å². The Morgan fingerprint density at radius 2 is 1.70 bits per heavy atom. The molecular weight excluding hydrogens is 489 g/mol. The molecule has 2 heterocycles. The number of methoxy groups -OCH3 is 1. The second kappa shape index (κ2) is 9.05. The summed E-state index contributed by atoms with van der Waals surface area (Å²) >= 11 is 0. The zero-order valence-corrected chi connectivity index (χ0v) is 19.2. The Kier molecular flexibility index (Phi) is 5.87. The number of amides is 1. The number of ketones is 1. The number of hydrogen-bond acceptors (Lipinski definition) is 5. The van der Waals surface area contributed by atoms with Crippen LogP contribution in [0.4, 0.5) is 18.9 Å². The minimum absolute atomic E-state index is 0.0188. The first kappa shape index (κ1) is 24.0. The second-order valence-corrected chi connectivity index (χ2v) is 8.24. The van der Waals surface area contributed by atoms with Gasteiger partial charge in [-0.05, 0) is 35.9 Å². The van der Waals surface area contributed by atoms with E-state index in [0.717, 1.165) is 17.0 Å². The normalized spacial score (nSPS) is 17.4. The van der Waals surface area contributed by atoms with Gasteiger partial charge in [0, 0.05) is 34.4 Å². The van der Waals surface area contributed by atoms with Crippen LogP contribution in [-0.4, -0.2) is 35.3 Å². The molecule has 0 saturated carbocycles. The molecule has 1 aliphatic heterocycles. The number of carbonyl (C=O) groups excluding carboxylic acids is 2. The summed E-state index contributed by atoms with van der Waals surface area (Å²) in [7, 11) is 1.44. The lowest BCUT2D eigenvalue weighted by molar-refractivity contribution is -0.274. The molecule has 1 saturated heterocycles. The largest absolute Gasteiger partial charge is 0.573 e. The molecule has 1 atom stereocenters. The Morgan fingerprint density at radius 3 is 2.46 bits per heavy atom. The number of nitrogens with zero attached hydrogens (tertiary/aromatic N) is 1. The molecule has 4 aromatic rings. The van der Waals surface area contributed by atoms with Crippen LogP contribution in [0.2, 0.25) is 0 Å². The van der Waals surface area contributed by atoms with Crippen molar-refractivity contribution in [1.29, 1.82) is 0 Å². The number of aliphatic hydroxyl groups is 1. The fraction of sp³-hybridized carbons (Fsp3) is 0.111. The number of aromatic amines is 1. The second-order valence-electron chi connectivity index (χ2n) is 8.24. The fourth-order valence-electron chi connectivity index (χ4n) is 4.47. The molecule has 0 aliphatic carbocycles. The number of aromatic nitrogens is 1. The quantitative estimate of drug-likeness (QED) is 0.205. The Labute approximate surface area is 208 Å². The van der Waals surface area contributed by atoms with Gasteiger partial charge in [-0.2, -0.15) is 0 Å². The molecular formula is C27H19F3N2O5. The standard InChI is InChI=1S/C27H19F3N2O5/c1-36-17-8-4-6-15(12-17)23-22(24(33)20-14-31-21-11-3-2-10-19(20)21)25(34)26(35)32(23)16-7-5-9-18(13-16)37-27(28,29)30/h2-14,23,31,33H,1H3/b24-22-. The number of anilines is 1. The zero-order valence-electron chi connectivity index (χ0n) is 19.2. The number of H-pyrrole nitrogens is 1. The monoisotopic (exact) mass is 508 g/mol. The van der Waals surface area contributed by atoms with E-state index in [-0.39, 0.29) is 11.3 Å². The third-order valence-corrected chi connectivity index (χ3v) is 6.03. The van der Waals surface area contributed by atoms with Crippen molar-refractivity contribution in [2.45, 2.75) is 12.4 Å². The Morgan fingerprint density at radius 1 is 0.973 bits per heavy atom. The lowest BCUT2D eigenvalue weighted by Gasteiger charge is -2.26. The average molecular weight is 508 g/mol. The zero-order chi connectivity index (χ0) is 26.3. The highest BCUT2D eigenvalue weighted by Crippen LogP contribution is 2.44. The van der Waals surface area contributed by atoms with Crippen molar-refractivity contribution in [3.8, 4) is 11.5 Å². The first-order valence-corrected chi connectivity index (χ1v) is 11.0. The van der Waals surface area contributed by atoms with Crippen LogP contribution >= 0.6 is 0 Å². The summed E-state index contributed by atoms with van der Waals surface area (Å²) in [5, 5.41) is 12.0. The van der Waals surface area contributed by atoms with E-state index < -0.39 is 35.6 Å². The predicted molar refractivity (Wildman–Crippen MR) is 129 cm³/mol. The van der Waals surface area contributed by atoms with Crippen molar-refractivity contribution in [3.63, 3.8) is 0 Å². The minimum atomic E-state index is -4.95. The number of para-hydroxylation sites is 1. The molecule has 10 heteroatoms. The van der Waals surface area contributed by atoms with Gasteiger partial charge < -0.3 is 19.6 Å². The summed E-state index contributed by atoms with van der Waals surface area (Å²) < 4.78 is 47.9. The maximum absolute atomic E-state index is 13.4. The molecule has 2 N–H and O–H groups in total. The molecule has 1 fully saturated rings. The van der Waals surface area contributed by atoms with E-state index in [1.807, 2.05) is 0 Å². The van der Waals surface area contributed by atoms with Gasteiger partial charge in [0.15, 0.2) is 0 Å². The van der Waals surface area contributed by atoms with Gasteiger partial charge in [-0.1, -0.05) is 36.4 Å². The van der Waals surface area contributed by atoms with Crippen LogP contribution in [0.15, 0.2) is 84.6 Å². The number of fused-ring (bicyclic) bond motifs is 1. The van der Waals surface area contributed by atoms with Gasteiger partial charge in [0.25, 0.3) is 11.7 Å². The smallest absolute Gasteiger partial charge is 0.507 e. The number of hydrogen-bond donors (Lipinski definition) is 2. The molecule has 0 spiro atoms. The van der Waals surface area contributed by atoms with Crippen molar-refractivity contribution in [2.75, 3.05) is 12.0 Å². The van der Waals surface area contributed by atoms with E-state index >= 15 is 0 Å². The van der Waals surface area contributed by atoms with Crippen molar-refractivity contribution < 1.29 is 37.3 Å². The van der Waals surface area contributed by atoms with Gasteiger partial charge in [-0.3, -0.25) is 14.5 Å². The number of nitrogens with one attached hydrogen (secondary N) is 1. The lowest BCUT2D eigenvalue weighted by Crippen LogP contribution is -2.29. The van der Waals surface area contributed by atoms with Crippen molar-refractivity contribution in [3.05, 3.63) is 95.7 Å². The number of aliphatic hydroxyl groups excluding tert-OH is 1. The molecule has 7 nitrogen and oxygen atoms in total. The molecule has 1 amide bonds. The van der Waals surface area contributed by atoms with Crippen molar-refractivity contribution in [2.24, 2.45) is 0 Å². The summed E-state index contributed by atoms with van der Waals surface area (Å²) in [5.41, 5.74) is 1.17. The number of carbonyl (C=O) groups is 2. The van der Waals surface area contributed by atoms with Gasteiger partial charge in [-0.25, -0.2) is 0 Å². The molecule has 1 aliphatic rings. The molecule has 188 valence electrons. The molecule has 37 heavy (non-hydrogen) atoms. The van der Waals surface area contributed by atoms with Crippen LogP contribution in [0.1, 0.15) is 17.2 Å². The van der Waals surface area contributed by atoms with Crippen LogP contribution in [0, 0.1) is 0 Å². The molecule has 0 bridgehead atoms. The summed E-state index contributed by atoms with van der Waals surface area (Å²) in [6, 6.07) is 17.2. The fourth-order valence-corrected chi connectivity index (χ4v) is 4.47. The van der Waals surface area contributed by atoms with E-state index in [9.17, 15) is 27.9 Å². The number of ether oxygens (including phenoxy) is 2. The van der Waals surface area contributed by atoms with E-state index in [4.69, 9.17) is 4.74 Å². The molecule has 5 rings (SSSR count). The van der Waals surface area contributed by atoms with E-state index in [1.165, 1.54) is 25.4 Å².